The quantitative estimate of drug-likeness (QED) is 0.397. The van der Waals surface area contributed by atoms with Gasteiger partial charge in [0, 0.05) is 6.04 Å². The number of halogens is 1. The summed E-state index contributed by atoms with van der Waals surface area (Å²) in [6.45, 7) is 4.21. The van der Waals surface area contributed by atoms with Crippen molar-refractivity contribution in [2.75, 3.05) is 13.1 Å². The number of unbranched alkanes of at least 4 members (excludes halogenated alkanes) is 2. The Kier molecular flexibility index (Phi) is 9.60. The van der Waals surface area contributed by atoms with Gasteiger partial charge in [-0.25, -0.2) is 4.79 Å². The lowest BCUT2D eigenvalue weighted by atomic mass is 10.0. The molecule has 1 saturated heterocycles. The van der Waals surface area contributed by atoms with Gasteiger partial charge in [-0.1, -0.05) is 38.3 Å². The average Bonchev–Trinajstić information content (AvgIpc) is 3.00. The Bertz CT molecular complexity index is 563. The zero-order valence-corrected chi connectivity index (χ0v) is 17.2. The van der Waals surface area contributed by atoms with Crippen molar-refractivity contribution in [3.05, 3.63) is 35.4 Å². The topological polar surface area (TPSA) is 60.8 Å². The number of rotatable bonds is 12. The molecule has 152 valence electrons. The number of carboxylic acid groups (broad SMARTS) is 1. The molecule has 0 aromatic heterocycles. The summed E-state index contributed by atoms with van der Waals surface area (Å²) in [5, 5.41) is 19.3. The number of carbonyl (C=O) groups is 1. The first-order chi connectivity index (χ1) is 13.0. The Labute approximate surface area is 168 Å². The molecule has 0 aliphatic carbocycles. The minimum absolute atomic E-state index is 0.169. The number of aliphatic hydroxyl groups excluding tert-OH is 1. The predicted octanol–water partition coefficient (Wildman–Crippen LogP) is 4.72. The van der Waals surface area contributed by atoms with E-state index in [1.54, 1.807) is 12.1 Å². The molecule has 0 spiro atoms. The Morgan fingerprint density at radius 2 is 1.93 bits per heavy atom. The van der Waals surface area contributed by atoms with Crippen LogP contribution in [-0.4, -0.2) is 51.7 Å². The third-order valence-electron chi connectivity index (χ3n) is 5.63. The first-order valence-electron chi connectivity index (χ1n) is 10.4. The van der Waals surface area contributed by atoms with E-state index in [4.69, 9.17) is 16.7 Å². The molecule has 1 fully saturated rings. The first-order valence-corrected chi connectivity index (χ1v) is 10.8. The molecule has 1 aromatic rings. The Balaban J connectivity index is 1.74. The highest BCUT2D eigenvalue weighted by Crippen LogP contribution is 2.27. The van der Waals surface area contributed by atoms with Gasteiger partial charge in [-0.15, -0.1) is 11.6 Å². The van der Waals surface area contributed by atoms with Gasteiger partial charge in [-0.2, -0.15) is 0 Å². The number of aryl methyl sites for hydroxylation is 1. The van der Waals surface area contributed by atoms with Gasteiger partial charge in [0.05, 0.1) is 17.0 Å². The van der Waals surface area contributed by atoms with E-state index in [9.17, 15) is 9.90 Å². The fourth-order valence-electron chi connectivity index (χ4n) is 3.95. The van der Waals surface area contributed by atoms with Crippen LogP contribution in [0.25, 0.3) is 0 Å². The number of hydrogen-bond acceptors (Lipinski definition) is 3. The summed E-state index contributed by atoms with van der Waals surface area (Å²) in [6, 6.07) is 7.50. The molecule has 0 bridgehead atoms. The van der Waals surface area contributed by atoms with E-state index < -0.39 is 5.97 Å². The molecule has 1 aliphatic heterocycles. The van der Waals surface area contributed by atoms with Gasteiger partial charge in [-0.05, 0) is 69.3 Å². The van der Waals surface area contributed by atoms with E-state index in [0.717, 1.165) is 63.6 Å². The number of carboxylic acids is 1. The van der Waals surface area contributed by atoms with Gasteiger partial charge in [0.2, 0.25) is 0 Å². The van der Waals surface area contributed by atoms with Crippen molar-refractivity contribution in [1.29, 1.82) is 0 Å². The van der Waals surface area contributed by atoms with E-state index in [-0.39, 0.29) is 11.5 Å². The van der Waals surface area contributed by atoms with Crippen LogP contribution in [0.5, 0.6) is 0 Å². The maximum atomic E-state index is 10.9. The summed E-state index contributed by atoms with van der Waals surface area (Å²) < 4.78 is 0. The van der Waals surface area contributed by atoms with Crippen LogP contribution in [0, 0.1) is 0 Å². The summed E-state index contributed by atoms with van der Waals surface area (Å²) in [6.07, 6.45) is 9.06. The maximum Gasteiger partial charge on any atom is 0.335 e. The lowest BCUT2D eigenvalue weighted by Gasteiger charge is -2.26. The smallest absolute Gasteiger partial charge is 0.335 e. The molecular formula is C22H34ClNO3. The van der Waals surface area contributed by atoms with E-state index in [1.165, 1.54) is 12.8 Å². The fraction of sp³-hybridized carbons (Fsp3) is 0.682. The largest absolute Gasteiger partial charge is 0.478 e. The summed E-state index contributed by atoms with van der Waals surface area (Å²) in [7, 11) is 0. The number of hydrogen-bond donors (Lipinski definition) is 2. The molecule has 0 amide bonds. The lowest BCUT2D eigenvalue weighted by molar-refractivity contribution is 0.0697. The number of alkyl halides is 1. The van der Waals surface area contributed by atoms with Crippen LogP contribution in [-0.2, 0) is 6.42 Å². The molecule has 1 heterocycles. The van der Waals surface area contributed by atoms with Crippen LogP contribution in [0.1, 0.15) is 74.2 Å². The molecule has 2 N–H and O–H groups in total. The molecule has 1 aliphatic rings. The van der Waals surface area contributed by atoms with Gasteiger partial charge < -0.3 is 10.2 Å². The fourth-order valence-corrected chi connectivity index (χ4v) is 4.33. The molecule has 2 rings (SSSR count). The Morgan fingerprint density at radius 1 is 1.22 bits per heavy atom. The molecule has 3 atom stereocenters. The molecule has 4 nitrogen and oxygen atoms in total. The van der Waals surface area contributed by atoms with Crippen molar-refractivity contribution in [1.82, 2.24) is 4.90 Å². The third-order valence-corrected chi connectivity index (χ3v) is 6.14. The molecule has 5 heteroatoms. The molecule has 0 unspecified atom stereocenters. The van der Waals surface area contributed by atoms with Crippen LogP contribution >= 0.6 is 11.6 Å². The minimum Gasteiger partial charge on any atom is -0.478 e. The summed E-state index contributed by atoms with van der Waals surface area (Å²) >= 11 is 6.56. The summed E-state index contributed by atoms with van der Waals surface area (Å²) in [5.41, 5.74) is 1.48. The van der Waals surface area contributed by atoms with Crippen molar-refractivity contribution in [2.45, 2.75) is 82.2 Å². The van der Waals surface area contributed by atoms with Crippen molar-refractivity contribution >= 4 is 17.6 Å². The summed E-state index contributed by atoms with van der Waals surface area (Å²) in [4.78, 5) is 13.4. The number of aromatic carboxylic acids is 1. The SMILES string of the molecule is CCCCC[C@@H](O)CCCN1CC[C@@H](Cl)[C@@H]1CCc1ccc(C(=O)O)cc1. The highest BCUT2D eigenvalue weighted by atomic mass is 35.5. The number of likely N-dealkylation sites (tertiary alicyclic amines) is 1. The van der Waals surface area contributed by atoms with Gasteiger partial charge >= 0.3 is 5.97 Å². The number of aliphatic hydroxyl groups is 1. The van der Waals surface area contributed by atoms with Crippen LogP contribution in [0.2, 0.25) is 0 Å². The van der Waals surface area contributed by atoms with E-state index in [2.05, 4.69) is 11.8 Å². The minimum atomic E-state index is -0.888. The van der Waals surface area contributed by atoms with Gasteiger partial charge in [0.1, 0.15) is 0 Å². The zero-order chi connectivity index (χ0) is 19.6. The lowest BCUT2D eigenvalue weighted by Crippen LogP contribution is -2.34. The standard InChI is InChI=1S/C22H34ClNO3/c1-2-3-4-6-19(25)7-5-15-24-16-14-20(23)21(24)13-10-17-8-11-18(12-9-17)22(26)27/h8-9,11-12,19-21,25H,2-7,10,13-16H2,1H3,(H,26,27)/t19-,20-,21+/m1/s1. The van der Waals surface area contributed by atoms with Crippen molar-refractivity contribution < 1.29 is 15.0 Å². The predicted molar refractivity (Wildman–Crippen MR) is 111 cm³/mol. The van der Waals surface area contributed by atoms with Gasteiger partial charge in [0.15, 0.2) is 0 Å². The number of nitrogens with zero attached hydrogens (tertiary/aromatic N) is 1. The normalized spacial score (nSPS) is 21.4. The van der Waals surface area contributed by atoms with Crippen LogP contribution in [0.4, 0.5) is 0 Å². The molecule has 1 aromatic carbocycles. The van der Waals surface area contributed by atoms with Crippen molar-refractivity contribution in [3.63, 3.8) is 0 Å². The molecule has 27 heavy (non-hydrogen) atoms. The molecule has 0 radical (unpaired) electrons. The average molecular weight is 396 g/mol. The van der Waals surface area contributed by atoms with Crippen LogP contribution in [0.15, 0.2) is 24.3 Å². The van der Waals surface area contributed by atoms with Crippen molar-refractivity contribution in [2.24, 2.45) is 0 Å². The highest BCUT2D eigenvalue weighted by molar-refractivity contribution is 6.21. The third kappa shape index (κ3) is 7.44. The first kappa shape index (κ1) is 22.2. The number of benzene rings is 1. The second-order valence-electron chi connectivity index (χ2n) is 7.74. The zero-order valence-electron chi connectivity index (χ0n) is 16.4. The van der Waals surface area contributed by atoms with E-state index >= 15 is 0 Å². The van der Waals surface area contributed by atoms with Gasteiger partial charge in [0.25, 0.3) is 0 Å². The molecular weight excluding hydrogens is 362 g/mol. The Morgan fingerprint density at radius 3 is 2.59 bits per heavy atom. The highest BCUT2D eigenvalue weighted by Gasteiger charge is 2.31. The van der Waals surface area contributed by atoms with E-state index in [0.29, 0.717) is 11.6 Å². The summed E-state index contributed by atoms with van der Waals surface area (Å²) in [5.74, 6) is -0.888. The second-order valence-corrected chi connectivity index (χ2v) is 8.30. The van der Waals surface area contributed by atoms with Gasteiger partial charge in [-0.3, -0.25) is 4.90 Å². The molecule has 0 saturated carbocycles. The second kappa shape index (κ2) is 11.7. The maximum absolute atomic E-state index is 10.9. The monoisotopic (exact) mass is 395 g/mol. The van der Waals surface area contributed by atoms with Crippen LogP contribution < -0.4 is 0 Å². The van der Waals surface area contributed by atoms with Crippen molar-refractivity contribution in [3.8, 4) is 0 Å². The van der Waals surface area contributed by atoms with Crippen LogP contribution in [0.3, 0.4) is 0 Å². The Hall–Kier alpha value is -1.10. The van der Waals surface area contributed by atoms with E-state index in [1.807, 2.05) is 12.1 Å².